The highest BCUT2D eigenvalue weighted by Crippen LogP contribution is 2.14. The third kappa shape index (κ3) is 4.12. The highest BCUT2D eigenvalue weighted by molar-refractivity contribution is 5.45. The standard InChI is InChI=1S/C16H23N3/c1-3-4-5-6-14-7-9-16(10-8-14)17-11-15-12-18-19-13(15)2/h7-10,12,17H,3-6,11H2,1-2H3,(H,18,19). The number of aryl methyl sites for hydroxylation is 2. The Labute approximate surface area is 115 Å². The lowest BCUT2D eigenvalue weighted by atomic mass is 10.1. The second-order valence-corrected chi connectivity index (χ2v) is 5.03. The van der Waals surface area contributed by atoms with Gasteiger partial charge in [-0.25, -0.2) is 0 Å². The summed E-state index contributed by atoms with van der Waals surface area (Å²) >= 11 is 0. The minimum absolute atomic E-state index is 0.817. The summed E-state index contributed by atoms with van der Waals surface area (Å²) in [7, 11) is 0. The van der Waals surface area contributed by atoms with Crippen molar-refractivity contribution in [3.63, 3.8) is 0 Å². The van der Waals surface area contributed by atoms with Crippen LogP contribution in [0.3, 0.4) is 0 Å². The Morgan fingerprint density at radius 1 is 1.16 bits per heavy atom. The van der Waals surface area contributed by atoms with Gasteiger partial charge in [-0.15, -0.1) is 0 Å². The van der Waals surface area contributed by atoms with Gasteiger partial charge in [-0.1, -0.05) is 31.9 Å². The van der Waals surface area contributed by atoms with E-state index in [0.29, 0.717) is 0 Å². The number of unbranched alkanes of at least 4 members (excludes halogenated alkanes) is 2. The predicted molar refractivity (Wildman–Crippen MR) is 80.3 cm³/mol. The smallest absolute Gasteiger partial charge is 0.0539 e. The molecule has 0 unspecified atom stereocenters. The van der Waals surface area contributed by atoms with Crippen molar-refractivity contribution in [2.24, 2.45) is 0 Å². The van der Waals surface area contributed by atoms with Gasteiger partial charge >= 0.3 is 0 Å². The number of aromatic nitrogens is 2. The zero-order valence-electron chi connectivity index (χ0n) is 11.9. The summed E-state index contributed by atoms with van der Waals surface area (Å²) in [6.45, 7) is 5.10. The van der Waals surface area contributed by atoms with Crippen molar-refractivity contribution in [1.29, 1.82) is 0 Å². The lowest BCUT2D eigenvalue weighted by molar-refractivity contribution is 0.717. The molecule has 0 aliphatic carbocycles. The summed E-state index contributed by atoms with van der Waals surface area (Å²) in [5, 5.41) is 10.4. The lowest BCUT2D eigenvalue weighted by Gasteiger charge is -2.07. The van der Waals surface area contributed by atoms with Crippen LogP contribution in [-0.2, 0) is 13.0 Å². The molecule has 0 atom stereocenters. The fourth-order valence-corrected chi connectivity index (χ4v) is 2.12. The largest absolute Gasteiger partial charge is 0.381 e. The second kappa shape index (κ2) is 6.98. The summed E-state index contributed by atoms with van der Waals surface area (Å²) in [6.07, 6.45) is 6.96. The molecule has 3 heteroatoms. The Balaban J connectivity index is 1.83. The van der Waals surface area contributed by atoms with Crippen molar-refractivity contribution >= 4 is 5.69 Å². The van der Waals surface area contributed by atoms with Gasteiger partial charge in [-0.2, -0.15) is 5.10 Å². The van der Waals surface area contributed by atoms with Crippen LogP contribution in [-0.4, -0.2) is 10.2 Å². The number of aromatic amines is 1. The molecule has 0 radical (unpaired) electrons. The van der Waals surface area contributed by atoms with Crippen LogP contribution in [0, 0.1) is 6.92 Å². The summed E-state index contributed by atoms with van der Waals surface area (Å²) in [6, 6.07) is 8.77. The van der Waals surface area contributed by atoms with Gasteiger partial charge in [-0.05, 0) is 37.5 Å². The molecule has 0 amide bonds. The molecule has 1 aromatic heterocycles. The zero-order chi connectivity index (χ0) is 13.5. The van der Waals surface area contributed by atoms with Gasteiger partial charge in [0.05, 0.1) is 6.20 Å². The van der Waals surface area contributed by atoms with E-state index >= 15 is 0 Å². The molecule has 0 saturated carbocycles. The summed E-state index contributed by atoms with van der Waals surface area (Å²) in [5.74, 6) is 0. The predicted octanol–water partition coefficient (Wildman–Crippen LogP) is 4.06. The van der Waals surface area contributed by atoms with Crippen LogP contribution in [0.2, 0.25) is 0 Å². The van der Waals surface area contributed by atoms with Crippen molar-refractivity contribution in [1.82, 2.24) is 10.2 Å². The average Bonchev–Trinajstić information content (AvgIpc) is 2.84. The first-order valence-corrected chi connectivity index (χ1v) is 7.11. The molecule has 2 rings (SSSR count). The van der Waals surface area contributed by atoms with E-state index in [4.69, 9.17) is 0 Å². The molecule has 0 bridgehead atoms. The maximum absolute atomic E-state index is 4.02. The van der Waals surface area contributed by atoms with Crippen LogP contribution in [0.5, 0.6) is 0 Å². The van der Waals surface area contributed by atoms with Crippen LogP contribution in [0.15, 0.2) is 30.5 Å². The Morgan fingerprint density at radius 3 is 2.58 bits per heavy atom. The second-order valence-electron chi connectivity index (χ2n) is 5.03. The van der Waals surface area contributed by atoms with Crippen LogP contribution in [0.4, 0.5) is 5.69 Å². The number of hydrogen-bond acceptors (Lipinski definition) is 2. The molecule has 102 valence electrons. The molecule has 0 spiro atoms. The molecule has 0 aliphatic heterocycles. The highest BCUT2D eigenvalue weighted by atomic mass is 15.1. The molecule has 2 aromatic rings. The molecular formula is C16H23N3. The van der Waals surface area contributed by atoms with Gasteiger partial charge in [-0.3, -0.25) is 5.10 Å². The zero-order valence-corrected chi connectivity index (χ0v) is 11.9. The first-order valence-electron chi connectivity index (χ1n) is 7.11. The van der Waals surface area contributed by atoms with Crippen LogP contribution in [0.1, 0.15) is 43.0 Å². The first kappa shape index (κ1) is 13.7. The molecular weight excluding hydrogens is 234 g/mol. The van der Waals surface area contributed by atoms with Gasteiger partial charge in [0.2, 0.25) is 0 Å². The van der Waals surface area contributed by atoms with E-state index in [1.54, 1.807) is 0 Å². The summed E-state index contributed by atoms with van der Waals surface area (Å²) < 4.78 is 0. The number of hydrogen-bond donors (Lipinski definition) is 2. The normalized spacial score (nSPS) is 10.6. The van der Waals surface area contributed by atoms with Gasteiger partial charge in [0, 0.05) is 23.5 Å². The van der Waals surface area contributed by atoms with Crippen molar-refractivity contribution < 1.29 is 0 Å². The molecule has 0 fully saturated rings. The average molecular weight is 257 g/mol. The minimum Gasteiger partial charge on any atom is -0.381 e. The number of rotatable bonds is 7. The minimum atomic E-state index is 0.817. The van der Waals surface area contributed by atoms with E-state index in [9.17, 15) is 0 Å². The molecule has 0 saturated heterocycles. The van der Waals surface area contributed by atoms with Gasteiger partial charge < -0.3 is 5.32 Å². The van der Waals surface area contributed by atoms with E-state index in [1.165, 1.54) is 42.5 Å². The molecule has 1 aromatic carbocycles. The van der Waals surface area contributed by atoms with Crippen molar-refractivity contribution in [3.05, 3.63) is 47.3 Å². The molecule has 19 heavy (non-hydrogen) atoms. The van der Waals surface area contributed by atoms with E-state index < -0.39 is 0 Å². The van der Waals surface area contributed by atoms with Crippen molar-refractivity contribution in [3.8, 4) is 0 Å². The molecule has 0 aliphatic rings. The molecule has 1 heterocycles. The van der Waals surface area contributed by atoms with E-state index in [-0.39, 0.29) is 0 Å². The third-order valence-corrected chi connectivity index (χ3v) is 3.44. The fraction of sp³-hybridized carbons (Fsp3) is 0.438. The Kier molecular flexibility index (Phi) is 5.01. The monoisotopic (exact) mass is 257 g/mol. The fourth-order valence-electron chi connectivity index (χ4n) is 2.12. The summed E-state index contributed by atoms with van der Waals surface area (Å²) in [4.78, 5) is 0. The van der Waals surface area contributed by atoms with E-state index in [0.717, 1.165) is 12.2 Å². The Morgan fingerprint density at radius 2 is 1.95 bits per heavy atom. The number of nitrogens with zero attached hydrogens (tertiary/aromatic N) is 1. The van der Waals surface area contributed by atoms with Gasteiger partial charge in [0.15, 0.2) is 0 Å². The maximum Gasteiger partial charge on any atom is 0.0539 e. The third-order valence-electron chi connectivity index (χ3n) is 3.44. The first-order chi connectivity index (χ1) is 9.29. The van der Waals surface area contributed by atoms with E-state index in [2.05, 4.69) is 46.7 Å². The van der Waals surface area contributed by atoms with Crippen LogP contribution < -0.4 is 5.32 Å². The number of nitrogens with one attached hydrogen (secondary N) is 2. The summed E-state index contributed by atoms with van der Waals surface area (Å²) in [5.41, 5.74) is 4.94. The number of H-pyrrole nitrogens is 1. The maximum atomic E-state index is 4.02. The SMILES string of the molecule is CCCCCc1ccc(NCc2cn[nH]c2C)cc1. The Bertz CT molecular complexity index is 485. The van der Waals surface area contributed by atoms with Crippen LogP contribution in [0.25, 0.3) is 0 Å². The Hall–Kier alpha value is -1.77. The molecule has 2 N–H and O–H groups in total. The van der Waals surface area contributed by atoms with Crippen LogP contribution >= 0.6 is 0 Å². The molecule has 3 nitrogen and oxygen atoms in total. The van der Waals surface area contributed by atoms with Crippen molar-refractivity contribution in [2.75, 3.05) is 5.32 Å². The van der Waals surface area contributed by atoms with Crippen molar-refractivity contribution in [2.45, 2.75) is 46.1 Å². The number of benzene rings is 1. The van der Waals surface area contributed by atoms with Gasteiger partial charge in [0.1, 0.15) is 0 Å². The highest BCUT2D eigenvalue weighted by Gasteiger charge is 2.00. The van der Waals surface area contributed by atoms with Gasteiger partial charge in [0.25, 0.3) is 0 Å². The quantitative estimate of drug-likeness (QED) is 0.734. The van der Waals surface area contributed by atoms with E-state index in [1.807, 2.05) is 13.1 Å². The lowest BCUT2D eigenvalue weighted by Crippen LogP contribution is -1.99. The number of anilines is 1. The topological polar surface area (TPSA) is 40.7 Å².